The zero-order valence-electron chi connectivity index (χ0n) is 10.8. The normalized spacial score (nSPS) is 10.8. The molecule has 0 radical (unpaired) electrons. The summed E-state index contributed by atoms with van der Waals surface area (Å²) in [6.07, 6.45) is 1.60. The standard InChI is InChI=1S/C14H10F2N4O/c15-10-3-9(4-11(16)5-10)13-19-14(21-20-13)12-2-1-8(6-17)7-18-12/h1-5,7H,6,17H2. The molecular weight excluding hydrogens is 278 g/mol. The molecule has 106 valence electrons. The number of pyridine rings is 1. The molecular formula is C14H10F2N4O. The Labute approximate surface area is 118 Å². The first-order valence-electron chi connectivity index (χ1n) is 6.11. The summed E-state index contributed by atoms with van der Waals surface area (Å²) in [7, 11) is 0. The van der Waals surface area contributed by atoms with E-state index in [1.807, 2.05) is 0 Å². The van der Waals surface area contributed by atoms with Crippen molar-refractivity contribution in [3.8, 4) is 23.0 Å². The van der Waals surface area contributed by atoms with E-state index in [4.69, 9.17) is 10.3 Å². The molecule has 5 nitrogen and oxygen atoms in total. The second kappa shape index (κ2) is 5.37. The van der Waals surface area contributed by atoms with Crippen molar-refractivity contribution >= 4 is 0 Å². The Morgan fingerprint density at radius 1 is 1.10 bits per heavy atom. The maximum absolute atomic E-state index is 13.2. The molecule has 0 aliphatic rings. The van der Waals surface area contributed by atoms with E-state index < -0.39 is 11.6 Å². The molecule has 2 aromatic heterocycles. The molecule has 0 bridgehead atoms. The minimum absolute atomic E-state index is 0.0908. The highest BCUT2D eigenvalue weighted by molar-refractivity contribution is 5.58. The van der Waals surface area contributed by atoms with Crippen LogP contribution in [0.5, 0.6) is 0 Å². The van der Waals surface area contributed by atoms with Crippen molar-refractivity contribution < 1.29 is 13.3 Å². The van der Waals surface area contributed by atoms with Crippen LogP contribution in [0.15, 0.2) is 41.1 Å². The smallest absolute Gasteiger partial charge is 0.276 e. The zero-order valence-corrected chi connectivity index (χ0v) is 10.8. The Balaban J connectivity index is 1.95. The van der Waals surface area contributed by atoms with Crippen LogP contribution in [0.1, 0.15) is 5.56 Å². The van der Waals surface area contributed by atoms with Crippen LogP contribution in [0.4, 0.5) is 8.78 Å². The molecule has 0 saturated carbocycles. The summed E-state index contributed by atoms with van der Waals surface area (Å²) in [6, 6.07) is 6.50. The lowest BCUT2D eigenvalue weighted by atomic mass is 10.2. The number of aromatic nitrogens is 3. The van der Waals surface area contributed by atoms with Gasteiger partial charge in [0.1, 0.15) is 17.3 Å². The maximum Gasteiger partial charge on any atom is 0.276 e. The molecule has 2 N–H and O–H groups in total. The SMILES string of the molecule is NCc1ccc(-c2nc(-c3cc(F)cc(F)c3)no2)nc1. The maximum atomic E-state index is 13.2. The van der Waals surface area contributed by atoms with Gasteiger partial charge in [-0.15, -0.1) is 0 Å². The molecule has 0 unspecified atom stereocenters. The lowest BCUT2D eigenvalue weighted by molar-refractivity contribution is 0.431. The Morgan fingerprint density at radius 2 is 1.86 bits per heavy atom. The fourth-order valence-electron chi connectivity index (χ4n) is 1.80. The molecule has 0 spiro atoms. The lowest BCUT2D eigenvalue weighted by Crippen LogP contribution is -1.96. The van der Waals surface area contributed by atoms with Crippen molar-refractivity contribution in [3.63, 3.8) is 0 Å². The number of nitrogens with two attached hydrogens (primary N) is 1. The number of rotatable bonds is 3. The topological polar surface area (TPSA) is 77.8 Å². The van der Waals surface area contributed by atoms with Crippen LogP contribution in [0.3, 0.4) is 0 Å². The molecule has 3 aromatic rings. The summed E-state index contributed by atoms with van der Waals surface area (Å²) in [5, 5.41) is 3.70. The van der Waals surface area contributed by atoms with E-state index in [1.165, 1.54) is 0 Å². The van der Waals surface area contributed by atoms with Crippen molar-refractivity contribution in [1.29, 1.82) is 0 Å². The molecule has 7 heteroatoms. The van der Waals surface area contributed by atoms with Crippen LogP contribution < -0.4 is 5.73 Å². The molecule has 0 aliphatic heterocycles. The van der Waals surface area contributed by atoms with Crippen molar-refractivity contribution in [2.45, 2.75) is 6.54 Å². The minimum atomic E-state index is -0.707. The van der Waals surface area contributed by atoms with Crippen LogP contribution >= 0.6 is 0 Å². The number of hydrogen-bond acceptors (Lipinski definition) is 5. The van der Waals surface area contributed by atoms with Crippen LogP contribution in [0.2, 0.25) is 0 Å². The Morgan fingerprint density at radius 3 is 2.48 bits per heavy atom. The molecule has 1 aromatic carbocycles. The van der Waals surface area contributed by atoms with Crippen LogP contribution in [-0.2, 0) is 6.54 Å². The minimum Gasteiger partial charge on any atom is -0.332 e. The second-order valence-electron chi connectivity index (χ2n) is 4.34. The third kappa shape index (κ3) is 2.77. The van der Waals surface area contributed by atoms with Gasteiger partial charge in [0, 0.05) is 24.4 Å². The molecule has 0 fully saturated rings. The number of hydrogen-bond donors (Lipinski definition) is 1. The summed E-state index contributed by atoms with van der Waals surface area (Å²) >= 11 is 0. The average molecular weight is 288 g/mol. The number of nitrogens with zero attached hydrogens (tertiary/aromatic N) is 3. The molecule has 0 atom stereocenters. The van der Waals surface area contributed by atoms with Crippen molar-refractivity contribution in [1.82, 2.24) is 15.1 Å². The summed E-state index contributed by atoms with van der Waals surface area (Å²) in [5.41, 5.74) is 7.01. The molecule has 2 heterocycles. The highest BCUT2D eigenvalue weighted by Gasteiger charge is 2.13. The lowest BCUT2D eigenvalue weighted by Gasteiger charge is -1.96. The summed E-state index contributed by atoms with van der Waals surface area (Å²) in [6.45, 7) is 0.380. The van der Waals surface area contributed by atoms with E-state index in [0.29, 0.717) is 12.2 Å². The monoisotopic (exact) mass is 288 g/mol. The van der Waals surface area contributed by atoms with Gasteiger partial charge in [0.15, 0.2) is 0 Å². The van der Waals surface area contributed by atoms with Crippen LogP contribution in [0, 0.1) is 11.6 Å². The first-order chi connectivity index (χ1) is 10.2. The van der Waals surface area contributed by atoms with E-state index in [2.05, 4.69) is 15.1 Å². The van der Waals surface area contributed by atoms with Gasteiger partial charge in [0.25, 0.3) is 5.89 Å². The number of benzene rings is 1. The first-order valence-corrected chi connectivity index (χ1v) is 6.11. The fourth-order valence-corrected chi connectivity index (χ4v) is 1.80. The molecule has 21 heavy (non-hydrogen) atoms. The van der Waals surface area contributed by atoms with E-state index in [0.717, 1.165) is 23.8 Å². The quantitative estimate of drug-likeness (QED) is 0.801. The van der Waals surface area contributed by atoms with Gasteiger partial charge in [-0.25, -0.2) is 8.78 Å². The first kappa shape index (κ1) is 13.3. The molecule has 0 saturated heterocycles. The van der Waals surface area contributed by atoms with Gasteiger partial charge in [-0.3, -0.25) is 4.98 Å². The van der Waals surface area contributed by atoms with Gasteiger partial charge >= 0.3 is 0 Å². The largest absolute Gasteiger partial charge is 0.332 e. The van der Waals surface area contributed by atoms with E-state index in [1.54, 1.807) is 18.3 Å². The molecule has 0 amide bonds. The average Bonchev–Trinajstić information content (AvgIpc) is 2.96. The third-order valence-electron chi connectivity index (χ3n) is 2.83. The summed E-state index contributed by atoms with van der Waals surface area (Å²) in [4.78, 5) is 8.22. The predicted octanol–water partition coefficient (Wildman–Crippen LogP) is 2.54. The van der Waals surface area contributed by atoms with Gasteiger partial charge in [-0.1, -0.05) is 11.2 Å². The highest BCUT2D eigenvalue weighted by atomic mass is 19.1. The zero-order chi connectivity index (χ0) is 14.8. The predicted molar refractivity (Wildman–Crippen MR) is 70.8 cm³/mol. The fraction of sp³-hybridized carbons (Fsp3) is 0.0714. The molecule has 0 aliphatic carbocycles. The van der Waals surface area contributed by atoms with Gasteiger partial charge in [0.05, 0.1) is 0 Å². The van der Waals surface area contributed by atoms with Crippen molar-refractivity contribution in [3.05, 3.63) is 53.7 Å². The Bertz CT molecular complexity index is 751. The second-order valence-corrected chi connectivity index (χ2v) is 4.34. The van der Waals surface area contributed by atoms with Crippen LogP contribution in [-0.4, -0.2) is 15.1 Å². The van der Waals surface area contributed by atoms with Crippen molar-refractivity contribution in [2.24, 2.45) is 5.73 Å². The molecule has 3 rings (SSSR count). The Kier molecular flexibility index (Phi) is 3.41. The number of halogens is 2. The van der Waals surface area contributed by atoms with Gasteiger partial charge in [0.2, 0.25) is 5.82 Å². The van der Waals surface area contributed by atoms with Gasteiger partial charge < -0.3 is 10.3 Å². The van der Waals surface area contributed by atoms with Crippen molar-refractivity contribution in [2.75, 3.05) is 0 Å². The Hall–Kier alpha value is -2.67. The highest BCUT2D eigenvalue weighted by Crippen LogP contribution is 2.22. The van der Waals surface area contributed by atoms with E-state index in [9.17, 15) is 8.78 Å². The van der Waals surface area contributed by atoms with E-state index in [-0.39, 0.29) is 17.3 Å². The van der Waals surface area contributed by atoms with E-state index >= 15 is 0 Å². The summed E-state index contributed by atoms with van der Waals surface area (Å²) < 4.78 is 31.4. The van der Waals surface area contributed by atoms with Gasteiger partial charge in [-0.2, -0.15) is 4.98 Å². The van der Waals surface area contributed by atoms with Gasteiger partial charge in [-0.05, 0) is 23.8 Å². The summed E-state index contributed by atoms with van der Waals surface area (Å²) in [5.74, 6) is -1.16. The third-order valence-corrected chi connectivity index (χ3v) is 2.83. The van der Waals surface area contributed by atoms with Crippen LogP contribution in [0.25, 0.3) is 23.0 Å².